The summed E-state index contributed by atoms with van der Waals surface area (Å²) >= 11 is 0. The molecule has 2 N–H and O–H groups in total. The van der Waals surface area contributed by atoms with Crippen molar-refractivity contribution in [3.8, 4) is 0 Å². The second-order valence-electron chi connectivity index (χ2n) is 11.0. The Bertz CT molecular complexity index is 1050. The largest absolute Gasteiger partial charge is 0.316 e. The minimum Gasteiger partial charge on any atom is -0.316 e. The lowest BCUT2D eigenvalue weighted by Gasteiger charge is -2.43. The fourth-order valence-corrected chi connectivity index (χ4v) is 6.09. The number of hydrogen-bond donors (Lipinski definition) is 2. The number of likely N-dealkylation sites (tertiary alicyclic amines) is 1. The van der Waals surface area contributed by atoms with Crippen molar-refractivity contribution in [2.75, 3.05) is 32.7 Å². The van der Waals surface area contributed by atoms with Crippen molar-refractivity contribution >= 4 is 22.7 Å². The van der Waals surface area contributed by atoms with E-state index >= 15 is 0 Å². The highest BCUT2D eigenvalue weighted by Crippen LogP contribution is 2.36. The Morgan fingerprint density at radius 2 is 1.91 bits per heavy atom. The highest BCUT2D eigenvalue weighted by molar-refractivity contribution is 6.02. The number of carbonyl (C=O) groups excluding carboxylic acids is 2. The maximum atomic E-state index is 12.4. The SMILES string of the molecule is Cn1nc(C2CCC(=O)NC2=O)c2ccc(C3CCN(C[C@H]4CCNCC4(C)C)CC3)cc21. The first-order valence-corrected chi connectivity index (χ1v) is 12.5. The van der Waals surface area contributed by atoms with Crippen LogP contribution in [0.25, 0.3) is 10.9 Å². The first-order chi connectivity index (χ1) is 15.8. The number of carbonyl (C=O) groups is 2. The van der Waals surface area contributed by atoms with Gasteiger partial charge in [-0.2, -0.15) is 5.10 Å². The predicted octanol–water partition coefficient (Wildman–Crippen LogP) is 2.91. The van der Waals surface area contributed by atoms with Crippen LogP contribution in [0, 0.1) is 11.3 Å². The standard InChI is InChI=1S/C26H37N5O2/c1-26(2)16-27-11-8-19(26)15-31-12-9-17(10-13-31)18-4-5-20-22(14-18)30(3)29-24(20)21-6-7-23(32)28-25(21)33/h4-5,14,17,19,21,27H,6-13,15-16H2,1-3H3,(H,28,32,33)/t19-,21?/m1/s1. The zero-order valence-corrected chi connectivity index (χ0v) is 20.2. The van der Waals surface area contributed by atoms with E-state index in [1.54, 1.807) is 0 Å². The third kappa shape index (κ3) is 4.45. The van der Waals surface area contributed by atoms with E-state index in [2.05, 4.69) is 47.6 Å². The minimum absolute atomic E-state index is 0.186. The molecule has 5 rings (SSSR count). The van der Waals surface area contributed by atoms with E-state index < -0.39 is 0 Å². The van der Waals surface area contributed by atoms with Gasteiger partial charge in [0, 0.05) is 31.9 Å². The molecule has 2 amide bonds. The molecule has 0 saturated carbocycles. The summed E-state index contributed by atoms with van der Waals surface area (Å²) in [6.45, 7) is 10.6. The Balaban J connectivity index is 1.27. The molecule has 178 valence electrons. The van der Waals surface area contributed by atoms with Crippen LogP contribution in [0.1, 0.15) is 69.0 Å². The van der Waals surface area contributed by atoms with Crippen LogP contribution in [0.15, 0.2) is 18.2 Å². The van der Waals surface area contributed by atoms with Gasteiger partial charge in [-0.1, -0.05) is 26.0 Å². The highest BCUT2D eigenvalue weighted by atomic mass is 16.2. The summed E-state index contributed by atoms with van der Waals surface area (Å²) in [5, 5.41) is 11.7. The normalized spacial score (nSPS) is 27.1. The number of fused-ring (bicyclic) bond motifs is 1. The number of aromatic nitrogens is 2. The zero-order chi connectivity index (χ0) is 23.2. The van der Waals surface area contributed by atoms with E-state index in [9.17, 15) is 9.59 Å². The molecule has 2 aromatic rings. The van der Waals surface area contributed by atoms with Crippen LogP contribution in [0.3, 0.4) is 0 Å². The number of rotatable bonds is 4. The van der Waals surface area contributed by atoms with Crippen molar-refractivity contribution in [2.24, 2.45) is 18.4 Å². The quantitative estimate of drug-likeness (QED) is 0.699. The lowest BCUT2D eigenvalue weighted by Crippen LogP contribution is -2.48. The molecule has 0 aliphatic carbocycles. The highest BCUT2D eigenvalue weighted by Gasteiger charge is 2.35. The van der Waals surface area contributed by atoms with Crippen LogP contribution in [0.2, 0.25) is 0 Å². The van der Waals surface area contributed by atoms with E-state index in [1.807, 2.05) is 11.7 Å². The topological polar surface area (TPSA) is 79.3 Å². The Hall–Kier alpha value is -2.25. The van der Waals surface area contributed by atoms with Gasteiger partial charge in [-0.15, -0.1) is 0 Å². The maximum absolute atomic E-state index is 12.4. The van der Waals surface area contributed by atoms with Crippen LogP contribution in [0.4, 0.5) is 0 Å². The molecule has 7 nitrogen and oxygen atoms in total. The van der Waals surface area contributed by atoms with E-state index in [4.69, 9.17) is 5.10 Å². The van der Waals surface area contributed by atoms with Gasteiger partial charge >= 0.3 is 0 Å². The summed E-state index contributed by atoms with van der Waals surface area (Å²) in [6.07, 6.45) is 4.56. The van der Waals surface area contributed by atoms with E-state index in [-0.39, 0.29) is 17.7 Å². The molecule has 2 atom stereocenters. The van der Waals surface area contributed by atoms with Crippen molar-refractivity contribution in [3.05, 3.63) is 29.5 Å². The summed E-state index contributed by atoms with van der Waals surface area (Å²) in [5.74, 6) is 0.584. The lowest BCUT2D eigenvalue weighted by atomic mass is 9.74. The molecule has 0 radical (unpaired) electrons. The molecule has 1 unspecified atom stereocenters. The molecule has 1 aromatic carbocycles. The van der Waals surface area contributed by atoms with Crippen LogP contribution in [-0.2, 0) is 16.6 Å². The Morgan fingerprint density at radius 3 is 2.64 bits per heavy atom. The lowest BCUT2D eigenvalue weighted by molar-refractivity contribution is -0.134. The Labute approximate surface area is 196 Å². The van der Waals surface area contributed by atoms with Crippen LogP contribution >= 0.6 is 0 Å². The van der Waals surface area contributed by atoms with E-state index in [1.165, 1.54) is 31.4 Å². The molecule has 3 aliphatic rings. The summed E-state index contributed by atoms with van der Waals surface area (Å²) in [6, 6.07) is 6.64. The van der Waals surface area contributed by atoms with Gasteiger partial charge in [0.1, 0.15) is 0 Å². The fraction of sp³-hybridized carbons (Fsp3) is 0.654. The van der Waals surface area contributed by atoms with Gasteiger partial charge in [0.05, 0.1) is 17.1 Å². The molecule has 0 spiro atoms. The molecule has 1 aromatic heterocycles. The summed E-state index contributed by atoms with van der Waals surface area (Å²) in [7, 11) is 1.95. The maximum Gasteiger partial charge on any atom is 0.235 e. The molecule has 7 heteroatoms. The first-order valence-electron chi connectivity index (χ1n) is 12.5. The molecular weight excluding hydrogens is 414 g/mol. The average molecular weight is 452 g/mol. The van der Waals surface area contributed by atoms with Crippen molar-refractivity contribution < 1.29 is 9.59 Å². The van der Waals surface area contributed by atoms with Gasteiger partial charge < -0.3 is 10.2 Å². The third-order valence-electron chi connectivity index (χ3n) is 8.37. The van der Waals surface area contributed by atoms with Gasteiger partial charge in [0.2, 0.25) is 11.8 Å². The summed E-state index contributed by atoms with van der Waals surface area (Å²) in [4.78, 5) is 26.6. The average Bonchev–Trinajstić information content (AvgIpc) is 3.11. The van der Waals surface area contributed by atoms with Gasteiger partial charge in [-0.05, 0) is 74.2 Å². The van der Waals surface area contributed by atoms with Gasteiger partial charge in [-0.25, -0.2) is 0 Å². The number of aryl methyl sites for hydroxylation is 1. The van der Waals surface area contributed by atoms with E-state index in [0.29, 0.717) is 24.2 Å². The van der Waals surface area contributed by atoms with Crippen molar-refractivity contribution in [1.82, 2.24) is 25.3 Å². The molecule has 0 bridgehead atoms. The molecule has 3 aliphatic heterocycles. The molecule has 4 heterocycles. The first kappa shape index (κ1) is 22.5. The number of nitrogens with one attached hydrogen (secondary N) is 2. The molecule has 3 saturated heterocycles. The summed E-state index contributed by atoms with van der Waals surface area (Å²) in [5.41, 5.74) is 3.62. The molecule has 33 heavy (non-hydrogen) atoms. The van der Waals surface area contributed by atoms with E-state index in [0.717, 1.165) is 48.7 Å². The van der Waals surface area contributed by atoms with Crippen molar-refractivity contribution in [3.63, 3.8) is 0 Å². The third-order valence-corrected chi connectivity index (χ3v) is 8.37. The van der Waals surface area contributed by atoms with Crippen molar-refractivity contribution in [1.29, 1.82) is 0 Å². The van der Waals surface area contributed by atoms with Crippen LogP contribution in [0.5, 0.6) is 0 Å². The second kappa shape index (κ2) is 8.84. The van der Waals surface area contributed by atoms with Gasteiger partial charge in [0.15, 0.2) is 0 Å². The van der Waals surface area contributed by atoms with Gasteiger partial charge in [-0.3, -0.25) is 19.6 Å². The number of nitrogens with zero attached hydrogens (tertiary/aromatic N) is 3. The number of hydrogen-bond acceptors (Lipinski definition) is 5. The Morgan fingerprint density at radius 1 is 1.12 bits per heavy atom. The number of benzene rings is 1. The monoisotopic (exact) mass is 451 g/mol. The molecule has 3 fully saturated rings. The second-order valence-corrected chi connectivity index (χ2v) is 11.0. The summed E-state index contributed by atoms with van der Waals surface area (Å²) < 4.78 is 1.90. The zero-order valence-electron chi connectivity index (χ0n) is 20.2. The van der Waals surface area contributed by atoms with Crippen molar-refractivity contribution in [2.45, 2.75) is 57.8 Å². The van der Waals surface area contributed by atoms with Crippen LogP contribution in [-0.4, -0.2) is 59.2 Å². The number of amides is 2. The predicted molar refractivity (Wildman–Crippen MR) is 129 cm³/mol. The van der Waals surface area contributed by atoms with Gasteiger partial charge in [0.25, 0.3) is 0 Å². The molecular formula is C26H37N5O2. The minimum atomic E-state index is -0.347. The number of imide groups is 1. The smallest absolute Gasteiger partial charge is 0.235 e. The Kier molecular flexibility index (Phi) is 6.04. The van der Waals surface area contributed by atoms with Crippen LogP contribution < -0.4 is 10.6 Å². The fourth-order valence-electron chi connectivity index (χ4n) is 6.09. The number of piperidine rings is 3.